The Morgan fingerprint density at radius 1 is 0.938 bits per heavy atom. The number of hydrogen-bond acceptors (Lipinski definition) is 5. The van der Waals surface area contributed by atoms with Gasteiger partial charge in [0.25, 0.3) is 0 Å². The van der Waals surface area contributed by atoms with Gasteiger partial charge in [-0.3, -0.25) is 5.10 Å². The van der Waals surface area contributed by atoms with Crippen molar-refractivity contribution in [3.8, 4) is 21.1 Å². The molecular formula is C23H18BrN3O2S3. The van der Waals surface area contributed by atoms with Crippen molar-refractivity contribution in [1.82, 2.24) is 14.9 Å². The molecule has 0 spiro atoms. The fraction of sp³-hybridized carbons (Fsp3) is 0.0870. The standard InChI is InChI=1S/C23H18BrN3O2S3/c24-17-7-5-16-14-18(8-6-15(16)13-17)32(28,29)25-10-9-19-22(20-3-1-11-30-20)26-27-23(19)21-4-2-12-31-21/h1-8,11-14,25H,9-10H2,(H,26,27). The quantitative estimate of drug-likeness (QED) is 0.252. The minimum absolute atomic E-state index is 0.261. The molecule has 3 heterocycles. The number of rotatable bonds is 7. The lowest BCUT2D eigenvalue weighted by atomic mass is 10.1. The number of thiophene rings is 2. The van der Waals surface area contributed by atoms with Gasteiger partial charge in [-0.15, -0.1) is 22.7 Å². The van der Waals surface area contributed by atoms with E-state index in [1.54, 1.807) is 34.8 Å². The minimum atomic E-state index is -3.64. The van der Waals surface area contributed by atoms with E-state index in [4.69, 9.17) is 0 Å². The van der Waals surface area contributed by atoms with Crippen LogP contribution in [0, 0.1) is 0 Å². The summed E-state index contributed by atoms with van der Waals surface area (Å²) >= 11 is 6.69. The molecule has 5 nitrogen and oxygen atoms in total. The van der Waals surface area contributed by atoms with Crippen molar-refractivity contribution >= 4 is 59.4 Å². The first-order chi connectivity index (χ1) is 15.5. The highest BCUT2D eigenvalue weighted by Gasteiger charge is 2.19. The highest BCUT2D eigenvalue weighted by Crippen LogP contribution is 2.34. The molecule has 9 heteroatoms. The summed E-state index contributed by atoms with van der Waals surface area (Å²) in [5.74, 6) is 0. The molecule has 0 unspecified atom stereocenters. The van der Waals surface area contributed by atoms with E-state index < -0.39 is 10.0 Å². The lowest BCUT2D eigenvalue weighted by Crippen LogP contribution is -2.26. The maximum Gasteiger partial charge on any atom is 0.240 e. The van der Waals surface area contributed by atoms with Crippen LogP contribution in [0.25, 0.3) is 31.9 Å². The highest BCUT2D eigenvalue weighted by atomic mass is 79.9. The monoisotopic (exact) mass is 543 g/mol. The van der Waals surface area contributed by atoms with Crippen LogP contribution >= 0.6 is 38.6 Å². The van der Waals surface area contributed by atoms with Gasteiger partial charge < -0.3 is 0 Å². The molecule has 2 aromatic carbocycles. The Morgan fingerprint density at radius 2 is 1.66 bits per heavy atom. The van der Waals surface area contributed by atoms with Crippen LogP contribution < -0.4 is 4.72 Å². The zero-order valence-electron chi connectivity index (χ0n) is 16.7. The second-order valence-corrected chi connectivity index (χ2v) is 11.8. The van der Waals surface area contributed by atoms with Gasteiger partial charge in [0.2, 0.25) is 10.0 Å². The van der Waals surface area contributed by atoms with Crippen LogP contribution in [0.15, 0.2) is 80.8 Å². The summed E-state index contributed by atoms with van der Waals surface area (Å²) in [5.41, 5.74) is 2.83. The summed E-state index contributed by atoms with van der Waals surface area (Å²) in [6.07, 6.45) is 0.525. The molecule has 0 radical (unpaired) electrons. The smallest absolute Gasteiger partial charge is 0.240 e. The summed E-state index contributed by atoms with van der Waals surface area (Å²) in [6.45, 7) is 0.275. The van der Waals surface area contributed by atoms with Crippen LogP contribution in [0.2, 0.25) is 0 Å². The number of fused-ring (bicyclic) bond motifs is 1. The molecule has 0 fully saturated rings. The van der Waals surface area contributed by atoms with Gasteiger partial charge in [0.05, 0.1) is 20.3 Å². The molecule has 5 rings (SSSR count). The average molecular weight is 545 g/mol. The Kier molecular flexibility index (Phi) is 6.00. The van der Waals surface area contributed by atoms with E-state index in [1.807, 2.05) is 59.3 Å². The van der Waals surface area contributed by atoms with E-state index in [1.165, 1.54) is 0 Å². The summed E-state index contributed by atoms with van der Waals surface area (Å²) in [5, 5.41) is 13.6. The molecule has 2 N–H and O–H groups in total. The second kappa shape index (κ2) is 8.92. The molecule has 0 bridgehead atoms. The second-order valence-electron chi connectivity index (χ2n) is 7.18. The van der Waals surface area contributed by atoms with E-state index in [0.717, 1.165) is 42.0 Å². The predicted molar refractivity (Wildman–Crippen MR) is 136 cm³/mol. The van der Waals surface area contributed by atoms with Crippen LogP contribution in [0.4, 0.5) is 0 Å². The first-order valence-electron chi connectivity index (χ1n) is 9.85. The Morgan fingerprint density at radius 3 is 2.41 bits per heavy atom. The number of halogens is 1. The van der Waals surface area contributed by atoms with E-state index in [-0.39, 0.29) is 11.4 Å². The Hall–Kier alpha value is -2.30. The molecule has 162 valence electrons. The number of nitrogens with one attached hydrogen (secondary N) is 2. The molecule has 0 saturated carbocycles. The van der Waals surface area contributed by atoms with E-state index >= 15 is 0 Å². The summed E-state index contributed by atoms with van der Waals surface area (Å²) in [4.78, 5) is 2.40. The maximum atomic E-state index is 13.0. The SMILES string of the molecule is O=S(=O)(NCCc1c(-c2cccs2)n[nH]c1-c1cccs1)c1ccc2cc(Br)ccc2c1. The summed E-state index contributed by atoms with van der Waals surface area (Å²) in [6, 6.07) is 19.0. The maximum absolute atomic E-state index is 13.0. The minimum Gasteiger partial charge on any atom is -0.276 e. The molecule has 0 aliphatic heterocycles. The number of sulfonamides is 1. The van der Waals surface area contributed by atoms with Crippen LogP contribution in [0.1, 0.15) is 5.56 Å². The third-order valence-electron chi connectivity index (χ3n) is 5.14. The van der Waals surface area contributed by atoms with Gasteiger partial charge in [0, 0.05) is 16.6 Å². The molecule has 0 amide bonds. The lowest BCUT2D eigenvalue weighted by Gasteiger charge is -2.09. The van der Waals surface area contributed by atoms with Crippen molar-refractivity contribution < 1.29 is 8.42 Å². The zero-order valence-corrected chi connectivity index (χ0v) is 20.7. The van der Waals surface area contributed by atoms with Gasteiger partial charge in [-0.1, -0.05) is 40.2 Å². The number of aromatic nitrogens is 2. The number of aromatic amines is 1. The molecule has 5 aromatic rings. The van der Waals surface area contributed by atoms with Crippen LogP contribution in [0.5, 0.6) is 0 Å². The number of benzene rings is 2. The van der Waals surface area contributed by atoms with Gasteiger partial charge in [-0.2, -0.15) is 5.10 Å². The fourth-order valence-electron chi connectivity index (χ4n) is 3.61. The molecule has 32 heavy (non-hydrogen) atoms. The first-order valence-corrected chi connectivity index (χ1v) is 13.9. The van der Waals surface area contributed by atoms with Crippen molar-refractivity contribution in [2.45, 2.75) is 11.3 Å². The van der Waals surface area contributed by atoms with Crippen molar-refractivity contribution in [3.63, 3.8) is 0 Å². The van der Waals surface area contributed by atoms with Crippen molar-refractivity contribution in [3.05, 3.63) is 81.5 Å². The third kappa shape index (κ3) is 4.31. The van der Waals surface area contributed by atoms with E-state index in [9.17, 15) is 8.42 Å². The van der Waals surface area contributed by atoms with Gasteiger partial charge in [0.1, 0.15) is 5.69 Å². The molecule has 0 atom stereocenters. The molecule has 3 aromatic heterocycles. The fourth-order valence-corrected chi connectivity index (χ4v) is 6.54. The van der Waals surface area contributed by atoms with Gasteiger partial charge in [-0.25, -0.2) is 13.1 Å². The van der Waals surface area contributed by atoms with Crippen molar-refractivity contribution in [1.29, 1.82) is 0 Å². The van der Waals surface area contributed by atoms with Crippen LogP contribution in [-0.2, 0) is 16.4 Å². The Bertz CT molecular complexity index is 1420. The number of H-pyrrole nitrogens is 1. The predicted octanol–water partition coefficient (Wildman–Crippen LogP) is 6.30. The van der Waals surface area contributed by atoms with Gasteiger partial charge in [0.15, 0.2) is 0 Å². The normalized spacial score (nSPS) is 11.9. The molecule has 0 saturated heterocycles. The van der Waals surface area contributed by atoms with Crippen molar-refractivity contribution in [2.75, 3.05) is 6.54 Å². The van der Waals surface area contributed by atoms with Crippen LogP contribution in [-0.4, -0.2) is 25.2 Å². The van der Waals surface area contributed by atoms with Gasteiger partial charge in [-0.05, 0) is 64.4 Å². The highest BCUT2D eigenvalue weighted by molar-refractivity contribution is 9.10. The molecule has 0 aliphatic carbocycles. The number of nitrogens with zero attached hydrogens (tertiary/aromatic N) is 1. The topological polar surface area (TPSA) is 74.8 Å². The van der Waals surface area contributed by atoms with Gasteiger partial charge >= 0.3 is 0 Å². The summed E-state index contributed by atoms with van der Waals surface area (Å²) in [7, 11) is -3.64. The largest absolute Gasteiger partial charge is 0.276 e. The molecule has 0 aliphatic rings. The Balaban J connectivity index is 1.39. The first kappa shape index (κ1) is 21.5. The third-order valence-corrected chi connectivity index (χ3v) is 8.86. The van der Waals surface area contributed by atoms with E-state index in [2.05, 4.69) is 30.8 Å². The van der Waals surface area contributed by atoms with Crippen LogP contribution in [0.3, 0.4) is 0 Å². The van der Waals surface area contributed by atoms with Crippen molar-refractivity contribution in [2.24, 2.45) is 0 Å². The Labute approximate surface area is 202 Å². The zero-order chi connectivity index (χ0) is 22.1. The lowest BCUT2D eigenvalue weighted by molar-refractivity contribution is 0.582. The average Bonchev–Trinajstić information content (AvgIpc) is 3.54. The molecular weight excluding hydrogens is 526 g/mol. The number of hydrogen-bond donors (Lipinski definition) is 2. The summed E-state index contributed by atoms with van der Waals surface area (Å²) < 4.78 is 29.6. The van der Waals surface area contributed by atoms with E-state index in [0.29, 0.717) is 6.42 Å².